The van der Waals surface area contributed by atoms with E-state index in [2.05, 4.69) is 24.1 Å². The van der Waals surface area contributed by atoms with Gasteiger partial charge in [-0.2, -0.15) is 0 Å². The Hall–Kier alpha value is -0.610. The Balaban J connectivity index is 2.15. The third-order valence-corrected chi connectivity index (χ3v) is 2.71. The Morgan fingerprint density at radius 3 is 2.60 bits per heavy atom. The summed E-state index contributed by atoms with van der Waals surface area (Å²) in [5.41, 5.74) is 5.80. The van der Waals surface area contributed by atoms with E-state index >= 15 is 0 Å². The van der Waals surface area contributed by atoms with Gasteiger partial charge in [0.2, 0.25) is 5.91 Å². The molecule has 0 spiro atoms. The molecular formula is C11H23N3O. The second-order valence-electron chi connectivity index (χ2n) is 4.81. The number of rotatable bonds is 4. The molecule has 0 radical (unpaired) electrons. The fourth-order valence-electron chi connectivity index (χ4n) is 1.69. The van der Waals surface area contributed by atoms with E-state index in [4.69, 9.17) is 5.73 Å². The number of carbonyl (C=O) groups is 1. The Kier molecular flexibility index (Phi) is 5.05. The van der Waals surface area contributed by atoms with Crippen molar-refractivity contribution in [2.45, 2.75) is 32.7 Å². The van der Waals surface area contributed by atoms with Gasteiger partial charge in [-0.1, -0.05) is 13.8 Å². The summed E-state index contributed by atoms with van der Waals surface area (Å²) in [6.45, 7) is 7.40. The SMILES string of the molecule is CC(C)CNC(=O)CN1CCC(N)CC1. The van der Waals surface area contributed by atoms with E-state index < -0.39 is 0 Å². The lowest BCUT2D eigenvalue weighted by Gasteiger charge is -2.29. The number of hydrogen-bond donors (Lipinski definition) is 2. The van der Waals surface area contributed by atoms with Gasteiger partial charge in [0.15, 0.2) is 0 Å². The van der Waals surface area contributed by atoms with Crippen molar-refractivity contribution in [3.8, 4) is 0 Å². The van der Waals surface area contributed by atoms with Gasteiger partial charge < -0.3 is 11.1 Å². The molecule has 0 unspecified atom stereocenters. The fourth-order valence-corrected chi connectivity index (χ4v) is 1.69. The van der Waals surface area contributed by atoms with Crippen molar-refractivity contribution in [2.75, 3.05) is 26.2 Å². The molecule has 3 N–H and O–H groups in total. The van der Waals surface area contributed by atoms with Gasteiger partial charge in [0.25, 0.3) is 0 Å². The second-order valence-corrected chi connectivity index (χ2v) is 4.81. The summed E-state index contributed by atoms with van der Waals surface area (Å²) < 4.78 is 0. The quantitative estimate of drug-likeness (QED) is 0.700. The van der Waals surface area contributed by atoms with Crippen LogP contribution >= 0.6 is 0 Å². The van der Waals surface area contributed by atoms with Gasteiger partial charge in [-0.3, -0.25) is 9.69 Å². The highest BCUT2D eigenvalue weighted by molar-refractivity contribution is 5.78. The van der Waals surface area contributed by atoms with Gasteiger partial charge >= 0.3 is 0 Å². The molecule has 0 bridgehead atoms. The molecule has 0 saturated carbocycles. The lowest BCUT2D eigenvalue weighted by molar-refractivity contribution is -0.122. The zero-order valence-electron chi connectivity index (χ0n) is 9.83. The van der Waals surface area contributed by atoms with Crippen molar-refractivity contribution in [1.29, 1.82) is 0 Å². The standard InChI is InChI=1S/C11H23N3O/c1-9(2)7-13-11(15)8-14-5-3-10(12)4-6-14/h9-10H,3-8,12H2,1-2H3,(H,13,15). The summed E-state index contributed by atoms with van der Waals surface area (Å²) in [5, 5.41) is 2.93. The van der Waals surface area contributed by atoms with Crippen LogP contribution in [-0.4, -0.2) is 43.0 Å². The molecule has 0 aromatic carbocycles. The number of likely N-dealkylation sites (tertiary alicyclic amines) is 1. The molecule has 1 saturated heterocycles. The lowest BCUT2D eigenvalue weighted by Crippen LogP contribution is -2.45. The number of amides is 1. The molecule has 4 nitrogen and oxygen atoms in total. The van der Waals surface area contributed by atoms with E-state index in [1.807, 2.05) is 0 Å². The Bertz CT molecular complexity index is 198. The van der Waals surface area contributed by atoms with Crippen LogP contribution in [0.15, 0.2) is 0 Å². The maximum absolute atomic E-state index is 11.5. The summed E-state index contributed by atoms with van der Waals surface area (Å²) in [7, 11) is 0. The number of piperidine rings is 1. The summed E-state index contributed by atoms with van der Waals surface area (Å²) in [4.78, 5) is 13.7. The summed E-state index contributed by atoms with van der Waals surface area (Å²) in [6.07, 6.45) is 2.02. The lowest BCUT2D eigenvalue weighted by atomic mass is 10.1. The van der Waals surface area contributed by atoms with Crippen LogP contribution in [0.1, 0.15) is 26.7 Å². The first-order chi connectivity index (χ1) is 7.08. The normalized spacial score (nSPS) is 19.5. The molecule has 1 heterocycles. The molecule has 0 aliphatic carbocycles. The van der Waals surface area contributed by atoms with Crippen LogP contribution in [0.5, 0.6) is 0 Å². The topological polar surface area (TPSA) is 58.4 Å². The van der Waals surface area contributed by atoms with Gasteiger partial charge in [0.05, 0.1) is 6.54 Å². The van der Waals surface area contributed by atoms with E-state index in [1.165, 1.54) is 0 Å². The van der Waals surface area contributed by atoms with E-state index in [0.717, 1.165) is 32.5 Å². The predicted octanol–water partition coefficient (Wildman–Crippen LogP) is 0.182. The summed E-state index contributed by atoms with van der Waals surface area (Å²) >= 11 is 0. The van der Waals surface area contributed by atoms with Gasteiger partial charge in [0, 0.05) is 25.7 Å². The van der Waals surface area contributed by atoms with Gasteiger partial charge in [-0.15, -0.1) is 0 Å². The molecule has 1 fully saturated rings. The molecule has 1 rings (SSSR count). The average Bonchev–Trinajstić information content (AvgIpc) is 2.19. The number of nitrogens with one attached hydrogen (secondary N) is 1. The maximum atomic E-state index is 11.5. The van der Waals surface area contributed by atoms with Crippen molar-refractivity contribution in [3.05, 3.63) is 0 Å². The Labute approximate surface area is 92.2 Å². The summed E-state index contributed by atoms with van der Waals surface area (Å²) in [6, 6.07) is 0.333. The zero-order chi connectivity index (χ0) is 11.3. The van der Waals surface area contributed by atoms with Crippen molar-refractivity contribution < 1.29 is 4.79 Å². The molecule has 0 aromatic rings. The molecule has 4 heteroatoms. The van der Waals surface area contributed by atoms with Crippen molar-refractivity contribution in [3.63, 3.8) is 0 Å². The molecule has 1 aliphatic heterocycles. The third-order valence-electron chi connectivity index (χ3n) is 2.71. The predicted molar refractivity (Wildman–Crippen MR) is 61.5 cm³/mol. The second kappa shape index (κ2) is 6.08. The largest absolute Gasteiger partial charge is 0.355 e. The van der Waals surface area contributed by atoms with E-state index in [9.17, 15) is 4.79 Å². The van der Waals surface area contributed by atoms with Crippen LogP contribution in [-0.2, 0) is 4.79 Å². The highest BCUT2D eigenvalue weighted by Crippen LogP contribution is 2.07. The number of hydrogen-bond acceptors (Lipinski definition) is 3. The van der Waals surface area contributed by atoms with Crippen LogP contribution in [0.3, 0.4) is 0 Å². The van der Waals surface area contributed by atoms with E-state index in [0.29, 0.717) is 18.5 Å². The maximum Gasteiger partial charge on any atom is 0.234 e. The van der Waals surface area contributed by atoms with Crippen LogP contribution in [0.25, 0.3) is 0 Å². The van der Waals surface area contributed by atoms with Gasteiger partial charge in [-0.25, -0.2) is 0 Å². The average molecular weight is 213 g/mol. The molecule has 0 atom stereocenters. The molecule has 88 valence electrons. The molecule has 1 aliphatic rings. The fraction of sp³-hybridized carbons (Fsp3) is 0.909. The minimum Gasteiger partial charge on any atom is -0.355 e. The van der Waals surface area contributed by atoms with E-state index in [1.54, 1.807) is 0 Å². The van der Waals surface area contributed by atoms with Crippen LogP contribution in [0.2, 0.25) is 0 Å². The monoisotopic (exact) mass is 213 g/mol. The number of nitrogens with two attached hydrogens (primary N) is 1. The van der Waals surface area contributed by atoms with Gasteiger partial charge in [-0.05, 0) is 18.8 Å². The smallest absolute Gasteiger partial charge is 0.234 e. The highest BCUT2D eigenvalue weighted by Gasteiger charge is 2.17. The first-order valence-corrected chi connectivity index (χ1v) is 5.82. The minimum absolute atomic E-state index is 0.138. The van der Waals surface area contributed by atoms with Crippen LogP contribution in [0, 0.1) is 5.92 Å². The number of carbonyl (C=O) groups excluding carboxylic acids is 1. The van der Waals surface area contributed by atoms with Crippen LogP contribution in [0.4, 0.5) is 0 Å². The first kappa shape index (κ1) is 12.5. The third kappa shape index (κ3) is 5.14. The van der Waals surface area contributed by atoms with Crippen molar-refractivity contribution in [2.24, 2.45) is 11.7 Å². The Morgan fingerprint density at radius 2 is 2.07 bits per heavy atom. The molecule has 15 heavy (non-hydrogen) atoms. The highest BCUT2D eigenvalue weighted by atomic mass is 16.2. The molecular weight excluding hydrogens is 190 g/mol. The van der Waals surface area contributed by atoms with Crippen molar-refractivity contribution in [1.82, 2.24) is 10.2 Å². The minimum atomic E-state index is 0.138. The first-order valence-electron chi connectivity index (χ1n) is 5.82. The van der Waals surface area contributed by atoms with Crippen molar-refractivity contribution >= 4 is 5.91 Å². The molecule has 1 amide bonds. The zero-order valence-corrected chi connectivity index (χ0v) is 9.83. The summed E-state index contributed by atoms with van der Waals surface area (Å²) in [5.74, 6) is 0.655. The van der Waals surface area contributed by atoms with E-state index in [-0.39, 0.29) is 5.91 Å². The van der Waals surface area contributed by atoms with Gasteiger partial charge in [0.1, 0.15) is 0 Å². The number of nitrogens with zero attached hydrogens (tertiary/aromatic N) is 1. The molecule has 0 aromatic heterocycles. The van der Waals surface area contributed by atoms with Crippen LogP contribution < -0.4 is 11.1 Å². The Morgan fingerprint density at radius 1 is 1.47 bits per heavy atom.